The molecule has 0 radical (unpaired) electrons. The van der Waals surface area contributed by atoms with Gasteiger partial charge in [-0.3, -0.25) is 4.98 Å². The predicted molar refractivity (Wildman–Crippen MR) is 37.3 cm³/mol. The Kier molecular flexibility index (Phi) is 2.26. The van der Waals surface area contributed by atoms with Gasteiger partial charge < -0.3 is 10.9 Å². The molecule has 1 aromatic rings. The molecule has 1 rings (SSSR count). The summed E-state index contributed by atoms with van der Waals surface area (Å²) < 4.78 is 0. The average molecular weight is 167 g/mol. The number of carbonyl (C=O) groups is 1. The van der Waals surface area contributed by atoms with Crippen molar-refractivity contribution < 1.29 is 9.66 Å². The Labute approximate surface area is 67.1 Å². The molecule has 12 heavy (non-hydrogen) atoms. The quantitative estimate of drug-likeness (QED) is 0.364. The van der Waals surface area contributed by atoms with Crippen molar-refractivity contribution in [3.8, 4) is 0 Å². The molecule has 0 aliphatic carbocycles. The normalized spacial score (nSPS) is 11.2. The van der Waals surface area contributed by atoms with Crippen molar-refractivity contribution >= 4 is 11.8 Å². The Hall–Kier alpha value is -2.05. The molecule has 0 aromatic carbocycles. The molecule has 0 unspecified atom stereocenters. The van der Waals surface area contributed by atoms with Crippen molar-refractivity contribution in [3.63, 3.8) is 0 Å². The summed E-state index contributed by atoms with van der Waals surface area (Å²) in [6.07, 6.45) is 3.86. The molecule has 1 heterocycles. The molecule has 0 atom stereocenters. The van der Waals surface area contributed by atoms with Crippen LogP contribution in [0.3, 0.4) is 0 Å². The van der Waals surface area contributed by atoms with E-state index in [0.717, 1.165) is 0 Å². The number of amides is 2. The summed E-state index contributed by atoms with van der Waals surface area (Å²) in [6.45, 7) is 0. The van der Waals surface area contributed by atoms with E-state index in [2.05, 4.69) is 20.8 Å². The number of hydrogen-bond donors (Lipinski definition) is 1. The van der Waals surface area contributed by atoms with Crippen LogP contribution in [-0.2, 0) is 0 Å². The van der Waals surface area contributed by atoms with Gasteiger partial charge >= 0.3 is 11.8 Å². The summed E-state index contributed by atoms with van der Waals surface area (Å²) in [5.41, 5.74) is 4.64. The minimum Gasteiger partial charge on any atom is -0.690 e. The number of rotatable bonds is 1. The fourth-order valence-corrected chi connectivity index (χ4v) is 0.531. The second-order valence-corrected chi connectivity index (χ2v) is 1.77. The van der Waals surface area contributed by atoms with Crippen molar-refractivity contribution in [1.29, 1.82) is 0 Å². The third kappa shape index (κ3) is 1.97. The highest BCUT2D eigenvalue weighted by atomic mass is 16.5. The fraction of sp³-hybridized carbons (Fsp3) is 0. The van der Waals surface area contributed by atoms with Crippen LogP contribution in [0.25, 0.3) is 0 Å². The minimum atomic E-state index is -1.07. The first kappa shape index (κ1) is 8.05. The van der Waals surface area contributed by atoms with E-state index in [9.17, 15) is 10.0 Å². The molecule has 0 aliphatic rings. The number of hydrogen-bond acceptors (Lipinski definition) is 4. The predicted octanol–water partition coefficient (Wildman–Crippen LogP) is 0.149. The molecule has 62 valence electrons. The zero-order valence-electron chi connectivity index (χ0n) is 5.91. The number of carbonyl (C=O) groups excluding carboxylic acids is 1. The summed E-state index contributed by atoms with van der Waals surface area (Å²) in [7, 11) is 0. The smallest absolute Gasteiger partial charge is 0.375 e. The first-order valence-electron chi connectivity index (χ1n) is 2.94. The van der Waals surface area contributed by atoms with Gasteiger partial charge in [0.2, 0.25) is 0 Å². The van der Waals surface area contributed by atoms with E-state index >= 15 is 0 Å². The summed E-state index contributed by atoms with van der Waals surface area (Å²) in [4.78, 5) is 17.3. The molecule has 1 aromatic heterocycles. The Morgan fingerprint density at radius 3 is 2.92 bits per heavy atom. The van der Waals surface area contributed by atoms with Crippen LogP contribution in [-0.4, -0.2) is 20.9 Å². The second kappa shape index (κ2) is 3.37. The van der Waals surface area contributed by atoms with E-state index in [0.29, 0.717) is 0 Å². The van der Waals surface area contributed by atoms with Gasteiger partial charge in [-0.2, -0.15) is 0 Å². The lowest BCUT2D eigenvalue weighted by Crippen LogP contribution is -2.08. The lowest BCUT2D eigenvalue weighted by atomic mass is 10.7. The van der Waals surface area contributed by atoms with Crippen molar-refractivity contribution in [2.45, 2.75) is 0 Å². The number of primary amides is 1. The maximum absolute atomic E-state index is 10.8. The summed E-state index contributed by atoms with van der Waals surface area (Å²) in [6, 6.07) is -1.07. The van der Waals surface area contributed by atoms with Gasteiger partial charge in [0, 0.05) is 0 Å². The van der Waals surface area contributed by atoms with Gasteiger partial charge in [-0.05, 0) is 10.1 Å². The summed E-state index contributed by atoms with van der Waals surface area (Å²) in [5, 5.41) is 13.7. The van der Waals surface area contributed by atoms with Crippen LogP contribution in [0.4, 0.5) is 10.6 Å². The highest BCUT2D eigenvalue weighted by Crippen LogP contribution is 2.01. The van der Waals surface area contributed by atoms with Crippen LogP contribution in [0.2, 0.25) is 0 Å². The van der Waals surface area contributed by atoms with Crippen molar-refractivity contribution in [2.24, 2.45) is 10.8 Å². The third-order valence-electron chi connectivity index (χ3n) is 0.935. The Balaban J connectivity index is 2.93. The molecule has 0 aliphatic heterocycles. The van der Waals surface area contributed by atoms with Gasteiger partial charge in [0.05, 0.1) is 6.20 Å². The topological polar surface area (TPSA) is 107 Å². The molecule has 7 heteroatoms. The van der Waals surface area contributed by atoms with E-state index in [1.165, 1.54) is 18.6 Å². The second-order valence-electron chi connectivity index (χ2n) is 1.77. The van der Waals surface area contributed by atoms with Crippen LogP contribution in [0.1, 0.15) is 0 Å². The molecular formula is C5H5N5O2. The minimum absolute atomic E-state index is 0.00926. The molecule has 0 fully saturated rings. The first-order chi connectivity index (χ1) is 5.70. The monoisotopic (exact) mass is 167 g/mol. The number of aromatic nitrogens is 2. The van der Waals surface area contributed by atoms with Gasteiger partial charge in [0.1, 0.15) is 6.20 Å². The number of nitrogens with two attached hydrogens (primary N) is 1. The van der Waals surface area contributed by atoms with E-state index in [1.807, 2.05) is 0 Å². The van der Waals surface area contributed by atoms with Gasteiger partial charge in [-0.1, -0.05) is 0 Å². The Morgan fingerprint density at radius 1 is 1.67 bits per heavy atom. The zero-order valence-corrected chi connectivity index (χ0v) is 5.91. The number of nitrogens with zero attached hydrogens (tertiary/aromatic N) is 4. The lowest BCUT2D eigenvalue weighted by Gasteiger charge is -1.98. The van der Waals surface area contributed by atoms with Gasteiger partial charge in [-0.15, -0.1) is 4.86 Å². The van der Waals surface area contributed by atoms with Crippen molar-refractivity contribution in [2.75, 3.05) is 0 Å². The molecule has 0 spiro atoms. The van der Waals surface area contributed by atoms with Crippen LogP contribution in [0.15, 0.2) is 23.7 Å². The maximum atomic E-state index is 10.8. The number of urea groups is 1. The highest BCUT2D eigenvalue weighted by Gasteiger charge is 2.03. The molecule has 0 saturated heterocycles. The van der Waals surface area contributed by atoms with E-state index in [4.69, 9.17) is 0 Å². The Morgan fingerprint density at radius 2 is 2.42 bits per heavy atom. The molecule has 0 bridgehead atoms. The van der Waals surface area contributed by atoms with E-state index < -0.39 is 6.03 Å². The van der Waals surface area contributed by atoms with Crippen LogP contribution >= 0.6 is 0 Å². The average Bonchev–Trinajstić information content (AvgIpc) is 2.05. The zero-order chi connectivity index (χ0) is 8.97. The largest absolute Gasteiger partial charge is 0.690 e. The Bertz CT molecular complexity index is 309. The molecule has 7 nitrogen and oxygen atoms in total. The lowest BCUT2D eigenvalue weighted by molar-refractivity contribution is -0.438. The van der Waals surface area contributed by atoms with E-state index in [-0.39, 0.29) is 10.7 Å². The molecule has 2 N–H and O–H groups in total. The van der Waals surface area contributed by atoms with Gasteiger partial charge in [0.25, 0.3) is 0 Å². The fourth-order valence-electron chi connectivity index (χ4n) is 0.531. The first-order valence-corrected chi connectivity index (χ1v) is 2.94. The van der Waals surface area contributed by atoms with Gasteiger partial charge in [0.15, 0.2) is 6.20 Å². The maximum Gasteiger partial charge on any atom is 0.375 e. The molecular weight excluding hydrogens is 162 g/mol. The van der Waals surface area contributed by atoms with Crippen LogP contribution in [0, 0.1) is 5.21 Å². The number of azo groups is 1. The summed E-state index contributed by atoms with van der Waals surface area (Å²) in [5.74, 6) is -0.0868. The van der Waals surface area contributed by atoms with E-state index in [1.54, 1.807) is 0 Å². The van der Waals surface area contributed by atoms with Crippen molar-refractivity contribution in [3.05, 3.63) is 23.8 Å². The standard InChI is InChI=1S/C5H5N5O2/c6-5(11)9-10(12)4-3-7-1-2-8-4/h1-3H,(H2,6,11)/b10-9+. The van der Waals surface area contributed by atoms with Crippen molar-refractivity contribution in [1.82, 2.24) is 9.97 Å². The molecule has 2 amide bonds. The molecule has 0 saturated carbocycles. The highest BCUT2D eigenvalue weighted by molar-refractivity contribution is 5.71. The third-order valence-corrected chi connectivity index (χ3v) is 0.935. The van der Waals surface area contributed by atoms with Gasteiger partial charge in [-0.25, -0.2) is 4.79 Å². The SMILES string of the molecule is NC(=O)/N=[N+](/[O-])c1cnccn1. The summed E-state index contributed by atoms with van der Waals surface area (Å²) >= 11 is 0. The van der Waals surface area contributed by atoms with Crippen LogP contribution < -0.4 is 5.73 Å². The van der Waals surface area contributed by atoms with Crippen LogP contribution in [0.5, 0.6) is 0 Å².